The predicted molar refractivity (Wildman–Crippen MR) is 71.3 cm³/mol. The largest absolute Gasteiger partial charge is 0.277 e. The molecular weight excluding hydrogens is 311 g/mol. The molecule has 0 spiro atoms. The van der Waals surface area contributed by atoms with Gasteiger partial charge in [0.05, 0.1) is 10.7 Å². The van der Waals surface area contributed by atoms with Gasteiger partial charge in [0.1, 0.15) is 21.0 Å². The minimum Gasteiger partial charge on any atom is -0.277 e. The smallest absolute Gasteiger partial charge is 0.271 e. The Morgan fingerprint density at radius 2 is 2.05 bits per heavy atom. The summed E-state index contributed by atoms with van der Waals surface area (Å²) in [6.45, 7) is 0. The van der Waals surface area contributed by atoms with Crippen molar-refractivity contribution in [3.63, 3.8) is 0 Å². The Bertz CT molecular complexity index is 765. The maximum absolute atomic E-state index is 13.0. The van der Waals surface area contributed by atoms with Crippen LogP contribution in [0, 0.1) is 17.1 Å². The highest BCUT2D eigenvalue weighted by Crippen LogP contribution is 2.27. The molecule has 0 aliphatic rings. The number of nitriles is 1. The number of rotatable bonds is 3. The van der Waals surface area contributed by atoms with Crippen LogP contribution in [0.4, 0.5) is 10.1 Å². The van der Waals surface area contributed by atoms with Crippen LogP contribution >= 0.6 is 22.9 Å². The van der Waals surface area contributed by atoms with Gasteiger partial charge >= 0.3 is 0 Å². The van der Waals surface area contributed by atoms with E-state index in [0.717, 1.165) is 23.5 Å². The van der Waals surface area contributed by atoms with Gasteiger partial charge in [0, 0.05) is 0 Å². The van der Waals surface area contributed by atoms with Gasteiger partial charge in [0.15, 0.2) is 0 Å². The first-order valence-electron chi connectivity index (χ1n) is 4.90. The maximum atomic E-state index is 13.0. The van der Waals surface area contributed by atoms with Crippen molar-refractivity contribution < 1.29 is 12.8 Å². The van der Waals surface area contributed by atoms with Gasteiger partial charge < -0.3 is 0 Å². The first kappa shape index (κ1) is 13.8. The molecule has 2 rings (SSSR count). The highest BCUT2D eigenvalue weighted by Gasteiger charge is 2.18. The molecule has 8 heteroatoms. The lowest BCUT2D eigenvalue weighted by atomic mass is 10.3. The molecule has 98 valence electrons. The van der Waals surface area contributed by atoms with Crippen LogP contribution in [0.25, 0.3) is 0 Å². The van der Waals surface area contributed by atoms with E-state index in [1.807, 2.05) is 6.07 Å². The van der Waals surface area contributed by atoms with Crippen LogP contribution in [-0.2, 0) is 10.0 Å². The molecule has 0 bridgehead atoms. The monoisotopic (exact) mass is 316 g/mol. The van der Waals surface area contributed by atoms with Gasteiger partial charge in [-0.05, 0) is 30.3 Å². The molecule has 1 aromatic heterocycles. The van der Waals surface area contributed by atoms with Gasteiger partial charge in [-0.2, -0.15) is 5.26 Å². The molecule has 0 atom stereocenters. The van der Waals surface area contributed by atoms with Crippen LogP contribution in [0.1, 0.15) is 4.88 Å². The van der Waals surface area contributed by atoms with Gasteiger partial charge in [0.25, 0.3) is 10.0 Å². The first-order valence-corrected chi connectivity index (χ1v) is 7.58. The standard InChI is InChI=1S/C11H6ClFN2O2S2/c12-9-3-1-7(13)5-10(9)15-19(16,17)11-4-2-8(6-14)18-11/h1-5,15H. The summed E-state index contributed by atoms with van der Waals surface area (Å²) in [5.74, 6) is -0.606. The number of benzene rings is 1. The van der Waals surface area contributed by atoms with Crippen molar-refractivity contribution in [2.75, 3.05) is 4.72 Å². The normalized spacial score (nSPS) is 11.0. The average molecular weight is 317 g/mol. The topological polar surface area (TPSA) is 70.0 Å². The van der Waals surface area contributed by atoms with Gasteiger partial charge in [0.2, 0.25) is 0 Å². The lowest BCUT2D eigenvalue weighted by Gasteiger charge is -2.07. The van der Waals surface area contributed by atoms with E-state index >= 15 is 0 Å². The van der Waals surface area contributed by atoms with Crippen LogP contribution in [0.15, 0.2) is 34.5 Å². The van der Waals surface area contributed by atoms with Gasteiger partial charge in [-0.1, -0.05) is 11.6 Å². The number of hydrogen-bond acceptors (Lipinski definition) is 4. The van der Waals surface area contributed by atoms with Crippen LogP contribution in [0.3, 0.4) is 0 Å². The quantitative estimate of drug-likeness (QED) is 0.945. The van der Waals surface area contributed by atoms with Crippen molar-refractivity contribution in [3.05, 3.63) is 46.0 Å². The maximum Gasteiger partial charge on any atom is 0.271 e. The third kappa shape index (κ3) is 3.04. The third-order valence-corrected chi connectivity index (χ3v) is 5.31. The Labute approximate surface area is 118 Å². The van der Waals surface area contributed by atoms with Crippen molar-refractivity contribution in [1.29, 1.82) is 5.26 Å². The van der Waals surface area contributed by atoms with E-state index < -0.39 is 15.8 Å². The van der Waals surface area contributed by atoms with Gasteiger partial charge in [-0.3, -0.25) is 4.72 Å². The molecule has 0 aliphatic heterocycles. The summed E-state index contributed by atoms with van der Waals surface area (Å²) in [5.41, 5.74) is -0.0476. The lowest BCUT2D eigenvalue weighted by molar-refractivity contribution is 0.603. The third-order valence-electron chi connectivity index (χ3n) is 2.13. The van der Waals surface area contributed by atoms with Crippen molar-refractivity contribution in [2.24, 2.45) is 0 Å². The second kappa shape index (κ2) is 5.17. The lowest BCUT2D eigenvalue weighted by Crippen LogP contribution is -2.11. The van der Waals surface area contributed by atoms with Crippen molar-refractivity contribution in [3.8, 4) is 6.07 Å². The number of nitrogens with zero attached hydrogens (tertiary/aromatic N) is 1. The molecule has 0 saturated heterocycles. The number of thiophene rings is 1. The average Bonchev–Trinajstić information content (AvgIpc) is 2.83. The summed E-state index contributed by atoms with van der Waals surface area (Å²) in [4.78, 5) is 0.269. The second-order valence-corrected chi connectivity index (χ2v) is 6.86. The number of sulfonamides is 1. The summed E-state index contributed by atoms with van der Waals surface area (Å²) in [5, 5.41) is 8.75. The Balaban J connectivity index is 2.36. The van der Waals surface area contributed by atoms with Crippen LogP contribution in [-0.4, -0.2) is 8.42 Å². The SMILES string of the molecule is N#Cc1ccc(S(=O)(=O)Nc2cc(F)ccc2Cl)s1. The summed E-state index contributed by atoms with van der Waals surface area (Å²) < 4.78 is 39.2. The zero-order valence-corrected chi connectivity index (χ0v) is 11.6. The van der Waals surface area contributed by atoms with E-state index in [2.05, 4.69) is 4.72 Å². The Morgan fingerprint density at radius 1 is 1.32 bits per heavy atom. The molecule has 2 aromatic rings. The molecule has 0 fully saturated rings. The predicted octanol–water partition coefficient (Wildman–Crippen LogP) is 3.21. The molecule has 1 heterocycles. The summed E-state index contributed by atoms with van der Waals surface area (Å²) in [6, 6.07) is 7.91. The molecule has 0 unspecified atom stereocenters. The first-order chi connectivity index (χ1) is 8.92. The Kier molecular flexibility index (Phi) is 3.75. The Morgan fingerprint density at radius 3 is 2.68 bits per heavy atom. The molecular formula is C11H6ClFN2O2S2. The van der Waals surface area contributed by atoms with Crippen LogP contribution in [0.2, 0.25) is 5.02 Å². The zero-order valence-electron chi connectivity index (χ0n) is 9.22. The fourth-order valence-electron chi connectivity index (χ4n) is 1.30. The molecule has 0 amide bonds. The molecule has 1 N–H and O–H groups in total. The highest BCUT2D eigenvalue weighted by atomic mass is 35.5. The van der Waals surface area contributed by atoms with Crippen LogP contribution in [0.5, 0.6) is 0 Å². The van der Waals surface area contributed by atoms with Gasteiger partial charge in [-0.15, -0.1) is 11.3 Å². The number of halogens is 2. The Hall–Kier alpha value is -1.62. The summed E-state index contributed by atoms with van der Waals surface area (Å²) >= 11 is 6.60. The van der Waals surface area contributed by atoms with E-state index in [4.69, 9.17) is 16.9 Å². The fraction of sp³-hybridized carbons (Fsp3) is 0. The highest BCUT2D eigenvalue weighted by molar-refractivity contribution is 7.94. The van der Waals surface area contributed by atoms with E-state index in [9.17, 15) is 12.8 Å². The number of anilines is 1. The minimum atomic E-state index is -3.88. The number of nitrogens with one attached hydrogen (secondary N) is 1. The minimum absolute atomic E-state index is 0.0376. The van der Waals surface area contributed by atoms with E-state index in [1.165, 1.54) is 18.2 Å². The van der Waals surface area contributed by atoms with E-state index in [0.29, 0.717) is 0 Å². The van der Waals surface area contributed by atoms with Crippen molar-refractivity contribution in [2.45, 2.75) is 4.21 Å². The second-order valence-electron chi connectivity index (χ2n) is 3.46. The van der Waals surface area contributed by atoms with Gasteiger partial charge in [-0.25, -0.2) is 12.8 Å². The van der Waals surface area contributed by atoms with E-state index in [1.54, 1.807) is 0 Å². The summed E-state index contributed by atoms with van der Waals surface area (Å²) in [7, 11) is -3.88. The molecule has 1 aromatic carbocycles. The van der Waals surface area contributed by atoms with Crippen molar-refractivity contribution in [1.82, 2.24) is 0 Å². The fourth-order valence-corrected chi connectivity index (χ4v) is 3.69. The summed E-state index contributed by atoms with van der Waals surface area (Å²) in [6.07, 6.45) is 0. The van der Waals surface area contributed by atoms with Crippen molar-refractivity contribution >= 4 is 38.6 Å². The van der Waals surface area contributed by atoms with E-state index in [-0.39, 0.29) is 19.8 Å². The molecule has 19 heavy (non-hydrogen) atoms. The molecule has 4 nitrogen and oxygen atoms in total. The molecule has 0 saturated carbocycles. The number of hydrogen-bond donors (Lipinski definition) is 1. The molecule has 0 radical (unpaired) electrons. The van der Waals surface area contributed by atoms with Crippen LogP contribution < -0.4 is 4.72 Å². The molecule has 0 aliphatic carbocycles. The zero-order chi connectivity index (χ0) is 14.0.